The van der Waals surface area contributed by atoms with Crippen molar-refractivity contribution < 1.29 is 22.6 Å². The molecule has 0 N–H and O–H groups in total. The molecule has 3 nitrogen and oxygen atoms in total. The molecule has 20 heavy (non-hydrogen) atoms. The molecule has 1 aromatic heterocycles. The van der Waals surface area contributed by atoms with Crippen LogP contribution in [0.2, 0.25) is 5.02 Å². The number of benzene rings is 1. The number of alkyl halides is 3. The lowest BCUT2D eigenvalue weighted by Gasteiger charge is -2.14. The summed E-state index contributed by atoms with van der Waals surface area (Å²) in [5.74, 6) is 0.670. The Labute approximate surface area is 118 Å². The van der Waals surface area contributed by atoms with Crippen molar-refractivity contribution in [3.05, 3.63) is 28.4 Å². The van der Waals surface area contributed by atoms with E-state index in [1.54, 1.807) is 0 Å². The predicted molar refractivity (Wildman–Crippen MR) is 69.6 cm³/mol. The molecule has 0 atom stereocenters. The summed E-state index contributed by atoms with van der Waals surface area (Å²) in [6.07, 6.45) is -4.56. The van der Waals surface area contributed by atoms with E-state index in [1.807, 2.05) is 0 Å². The molecule has 7 heteroatoms. The Kier molecular flexibility index (Phi) is 3.69. The van der Waals surface area contributed by atoms with Crippen LogP contribution < -0.4 is 9.47 Å². The second-order valence-corrected chi connectivity index (χ2v) is 4.50. The number of hydrogen-bond acceptors (Lipinski definition) is 3. The minimum absolute atomic E-state index is 0.00304. The molecule has 2 rings (SSSR count). The first kappa shape index (κ1) is 14.7. The Morgan fingerprint density at radius 1 is 1.10 bits per heavy atom. The van der Waals surface area contributed by atoms with Crippen molar-refractivity contribution in [2.24, 2.45) is 0 Å². The number of pyridine rings is 1. The Bertz CT molecular complexity index is 671. The summed E-state index contributed by atoms with van der Waals surface area (Å²) in [6.45, 7) is 1.29. The standard InChI is InChI=1S/C13H11ClF3NO2/c1-6-11(14)7-4-9(19-2)10(20-3)5-8(7)18-12(6)13(15,16)17/h4-5H,1-3H3. The molecule has 0 fully saturated rings. The number of aromatic nitrogens is 1. The number of halogens is 4. The maximum absolute atomic E-state index is 12.9. The molecule has 0 saturated heterocycles. The highest BCUT2D eigenvalue weighted by atomic mass is 35.5. The number of rotatable bonds is 2. The quantitative estimate of drug-likeness (QED) is 0.832. The number of hydrogen-bond donors (Lipinski definition) is 0. The SMILES string of the molecule is COc1cc2nc(C(F)(F)F)c(C)c(Cl)c2cc1OC. The van der Waals surface area contributed by atoms with Crippen LogP contribution in [0.4, 0.5) is 13.2 Å². The molecule has 0 saturated carbocycles. The van der Waals surface area contributed by atoms with Crippen LogP contribution in [0.5, 0.6) is 11.5 Å². The van der Waals surface area contributed by atoms with Gasteiger partial charge >= 0.3 is 6.18 Å². The van der Waals surface area contributed by atoms with E-state index in [-0.39, 0.29) is 16.1 Å². The van der Waals surface area contributed by atoms with Crippen molar-refractivity contribution in [2.45, 2.75) is 13.1 Å². The van der Waals surface area contributed by atoms with Crippen molar-refractivity contribution in [2.75, 3.05) is 14.2 Å². The second kappa shape index (κ2) is 5.01. The minimum Gasteiger partial charge on any atom is -0.493 e. The Hall–Kier alpha value is -1.69. The molecule has 0 aliphatic rings. The molecule has 0 bridgehead atoms. The zero-order valence-corrected chi connectivity index (χ0v) is 11.7. The van der Waals surface area contributed by atoms with Gasteiger partial charge in [0.2, 0.25) is 0 Å². The van der Waals surface area contributed by atoms with Crippen LogP contribution in [0.15, 0.2) is 12.1 Å². The topological polar surface area (TPSA) is 31.4 Å². The van der Waals surface area contributed by atoms with E-state index in [0.29, 0.717) is 16.9 Å². The molecule has 1 heterocycles. The highest BCUT2D eigenvalue weighted by molar-refractivity contribution is 6.36. The summed E-state index contributed by atoms with van der Waals surface area (Å²) in [5, 5.41) is 0.387. The average Bonchev–Trinajstić information content (AvgIpc) is 2.40. The van der Waals surface area contributed by atoms with Gasteiger partial charge in [0.25, 0.3) is 0 Å². The normalized spacial score (nSPS) is 11.8. The summed E-state index contributed by atoms with van der Waals surface area (Å²) >= 11 is 6.03. The van der Waals surface area contributed by atoms with Crippen LogP contribution in [0, 0.1) is 6.92 Å². The third-order valence-electron chi connectivity index (χ3n) is 2.92. The molecule has 1 aromatic carbocycles. The number of fused-ring (bicyclic) bond motifs is 1. The van der Waals surface area contributed by atoms with Crippen molar-refractivity contribution >= 4 is 22.5 Å². The van der Waals surface area contributed by atoms with Gasteiger partial charge in [-0.15, -0.1) is 0 Å². The van der Waals surface area contributed by atoms with Crippen LogP contribution in [0.1, 0.15) is 11.3 Å². The van der Waals surface area contributed by atoms with Gasteiger partial charge in [-0.2, -0.15) is 13.2 Å². The molecule has 0 amide bonds. The summed E-state index contributed by atoms with van der Waals surface area (Å²) in [4.78, 5) is 3.65. The lowest BCUT2D eigenvalue weighted by Crippen LogP contribution is -2.11. The lowest BCUT2D eigenvalue weighted by atomic mass is 10.1. The van der Waals surface area contributed by atoms with Crippen molar-refractivity contribution in [1.82, 2.24) is 4.98 Å². The fourth-order valence-corrected chi connectivity index (χ4v) is 2.16. The predicted octanol–water partition coefficient (Wildman–Crippen LogP) is 4.23. The van der Waals surface area contributed by atoms with E-state index in [9.17, 15) is 13.2 Å². The fraction of sp³-hybridized carbons (Fsp3) is 0.308. The third-order valence-corrected chi connectivity index (χ3v) is 3.41. The van der Waals surface area contributed by atoms with Gasteiger partial charge < -0.3 is 9.47 Å². The van der Waals surface area contributed by atoms with E-state index in [0.717, 1.165) is 0 Å². The van der Waals surface area contributed by atoms with Crippen LogP contribution in [-0.4, -0.2) is 19.2 Å². The average molecular weight is 306 g/mol. The molecular weight excluding hydrogens is 295 g/mol. The van der Waals surface area contributed by atoms with Crippen molar-refractivity contribution in [3.63, 3.8) is 0 Å². The smallest absolute Gasteiger partial charge is 0.433 e. The van der Waals surface area contributed by atoms with Gasteiger partial charge in [-0.25, -0.2) is 4.98 Å². The molecule has 0 unspecified atom stereocenters. The minimum atomic E-state index is -4.56. The molecule has 0 radical (unpaired) electrons. The van der Waals surface area contributed by atoms with Crippen molar-refractivity contribution in [1.29, 1.82) is 0 Å². The summed E-state index contributed by atoms with van der Waals surface area (Å²) in [6, 6.07) is 2.88. The molecule has 108 valence electrons. The van der Waals surface area contributed by atoms with Gasteiger partial charge in [0.05, 0.1) is 24.8 Å². The number of methoxy groups -OCH3 is 2. The van der Waals surface area contributed by atoms with E-state index in [2.05, 4.69) is 4.98 Å². The Morgan fingerprint density at radius 3 is 2.15 bits per heavy atom. The molecule has 0 aliphatic heterocycles. The first-order valence-corrected chi connectivity index (χ1v) is 5.96. The Morgan fingerprint density at radius 2 is 1.65 bits per heavy atom. The summed E-state index contributed by atoms with van der Waals surface area (Å²) < 4.78 is 48.9. The van der Waals surface area contributed by atoms with Crippen LogP contribution >= 0.6 is 11.6 Å². The van der Waals surface area contributed by atoms with Gasteiger partial charge in [-0.3, -0.25) is 0 Å². The summed E-state index contributed by atoms with van der Waals surface area (Å²) in [5.41, 5.74) is -1.01. The van der Waals surface area contributed by atoms with E-state index >= 15 is 0 Å². The van der Waals surface area contributed by atoms with Gasteiger partial charge in [-0.1, -0.05) is 11.6 Å². The van der Waals surface area contributed by atoms with E-state index in [1.165, 1.54) is 33.3 Å². The zero-order valence-electron chi connectivity index (χ0n) is 10.9. The van der Waals surface area contributed by atoms with Crippen molar-refractivity contribution in [3.8, 4) is 11.5 Å². The third kappa shape index (κ3) is 2.35. The van der Waals surface area contributed by atoms with Crippen LogP contribution in [0.25, 0.3) is 10.9 Å². The lowest BCUT2D eigenvalue weighted by molar-refractivity contribution is -0.141. The number of ether oxygens (including phenoxy) is 2. The molecule has 0 aliphatic carbocycles. The maximum Gasteiger partial charge on any atom is 0.433 e. The first-order chi connectivity index (χ1) is 9.29. The number of nitrogens with zero attached hydrogens (tertiary/aromatic N) is 1. The van der Waals surface area contributed by atoms with E-state index in [4.69, 9.17) is 21.1 Å². The Balaban J connectivity index is 2.84. The molecular formula is C13H11ClF3NO2. The second-order valence-electron chi connectivity index (χ2n) is 4.12. The highest BCUT2D eigenvalue weighted by Gasteiger charge is 2.36. The van der Waals surface area contributed by atoms with Crippen LogP contribution in [0.3, 0.4) is 0 Å². The zero-order chi connectivity index (χ0) is 15.1. The monoisotopic (exact) mass is 305 g/mol. The summed E-state index contributed by atoms with van der Waals surface area (Å²) in [7, 11) is 2.83. The van der Waals surface area contributed by atoms with Gasteiger partial charge in [0.1, 0.15) is 5.69 Å². The highest BCUT2D eigenvalue weighted by Crippen LogP contribution is 2.40. The first-order valence-electron chi connectivity index (χ1n) is 5.58. The largest absolute Gasteiger partial charge is 0.493 e. The van der Waals surface area contributed by atoms with Crippen LogP contribution in [-0.2, 0) is 6.18 Å². The van der Waals surface area contributed by atoms with Gasteiger partial charge in [0.15, 0.2) is 11.5 Å². The molecule has 0 spiro atoms. The molecule has 2 aromatic rings. The van der Waals surface area contributed by atoms with Gasteiger partial charge in [0, 0.05) is 11.5 Å². The van der Waals surface area contributed by atoms with Gasteiger partial charge in [-0.05, 0) is 18.6 Å². The fourth-order valence-electron chi connectivity index (χ4n) is 1.92. The van der Waals surface area contributed by atoms with E-state index < -0.39 is 11.9 Å². The maximum atomic E-state index is 12.9.